The van der Waals surface area contributed by atoms with E-state index in [9.17, 15) is 9.90 Å². The first kappa shape index (κ1) is 17.5. The molecule has 2 N–H and O–H groups in total. The Labute approximate surface area is 142 Å². The molecule has 5 heteroatoms. The van der Waals surface area contributed by atoms with Gasteiger partial charge in [-0.05, 0) is 44.5 Å². The third kappa shape index (κ3) is 4.13. The smallest absolute Gasteiger partial charge is 0.271 e. The molecule has 5 nitrogen and oxygen atoms in total. The van der Waals surface area contributed by atoms with Crippen molar-refractivity contribution in [2.45, 2.75) is 20.8 Å². The summed E-state index contributed by atoms with van der Waals surface area (Å²) >= 11 is 0. The molecular weight excluding hydrogens is 302 g/mol. The van der Waals surface area contributed by atoms with Crippen LogP contribution in [0.25, 0.3) is 0 Å². The number of nitrogens with one attached hydrogen (secondary N) is 1. The predicted octanol–water partition coefficient (Wildman–Crippen LogP) is 3.31. The fraction of sp³-hybridized carbons (Fsp3) is 0.263. The zero-order valence-corrected chi connectivity index (χ0v) is 14.3. The molecule has 0 saturated heterocycles. The van der Waals surface area contributed by atoms with Crippen LogP contribution >= 0.6 is 0 Å². The number of hydrazone groups is 1. The lowest BCUT2D eigenvalue weighted by Crippen LogP contribution is -2.21. The summed E-state index contributed by atoms with van der Waals surface area (Å²) in [4.78, 5) is 14.2. The topological polar surface area (TPSA) is 64.9 Å². The van der Waals surface area contributed by atoms with Gasteiger partial charge in [-0.15, -0.1) is 0 Å². The fourth-order valence-electron chi connectivity index (χ4n) is 2.48. The van der Waals surface area contributed by atoms with E-state index in [0.29, 0.717) is 11.1 Å². The Morgan fingerprint density at radius 1 is 1.21 bits per heavy atom. The summed E-state index contributed by atoms with van der Waals surface area (Å²) in [5, 5.41) is 14.1. The van der Waals surface area contributed by atoms with Crippen LogP contribution in [0, 0.1) is 6.92 Å². The monoisotopic (exact) mass is 325 g/mol. The Morgan fingerprint density at radius 3 is 2.54 bits per heavy atom. The summed E-state index contributed by atoms with van der Waals surface area (Å²) < 4.78 is 0. The highest BCUT2D eigenvalue weighted by atomic mass is 16.3. The van der Waals surface area contributed by atoms with E-state index in [4.69, 9.17) is 0 Å². The van der Waals surface area contributed by atoms with Crippen LogP contribution in [-0.2, 0) is 0 Å². The molecule has 2 aromatic carbocycles. The second kappa shape index (κ2) is 8.15. The van der Waals surface area contributed by atoms with Crippen molar-refractivity contribution in [1.29, 1.82) is 0 Å². The number of aromatic hydroxyl groups is 1. The van der Waals surface area contributed by atoms with Gasteiger partial charge < -0.3 is 10.0 Å². The van der Waals surface area contributed by atoms with E-state index in [0.717, 1.165) is 24.3 Å². The van der Waals surface area contributed by atoms with Crippen LogP contribution in [-0.4, -0.2) is 30.3 Å². The molecule has 0 aromatic heterocycles. The van der Waals surface area contributed by atoms with E-state index in [1.54, 1.807) is 18.2 Å². The molecule has 0 saturated carbocycles. The molecule has 0 aliphatic heterocycles. The van der Waals surface area contributed by atoms with Gasteiger partial charge in [0.1, 0.15) is 5.75 Å². The quantitative estimate of drug-likeness (QED) is 0.632. The molecule has 0 unspecified atom stereocenters. The van der Waals surface area contributed by atoms with E-state index < -0.39 is 0 Å². The average Bonchev–Trinajstić information content (AvgIpc) is 2.58. The van der Waals surface area contributed by atoms with Crippen molar-refractivity contribution in [3.63, 3.8) is 0 Å². The highest BCUT2D eigenvalue weighted by molar-refractivity contribution is 5.96. The maximum Gasteiger partial charge on any atom is 0.271 e. The third-order valence-corrected chi connectivity index (χ3v) is 3.90. The molecule has 0 spiro atoms. The standard InChI is InChI=1S/C19H23N3O2/c1-4-22(5-2)16-11-10-15(18(23)12-16)13-20-21-19(24)17-9-7-6-8-14(17)3/h6-13,23H,4-5H2,1-3H3,(H,21,24). The molecule has 2 aromatic rings. The number of rotatable bonds is 6. The van der Waals surface area contributed by atoms with Gasteiger partial charge in [0.15, 0.2) is 0 Å². The van der Waals surface area contributed by atoms with Gasteiger partial charge in [0.2, 0.25) is 0 Å². The van der Waals surface area contributed by atoms with Crippen molar-refractivity contribution in [1.82, 2.24) is 5.43 Å². The second-order valence-electron chi connectivity index (χ2n) is 5.43. The van der Waals surface area contributed by atoms with Crippen molar-refractivity contribution in [3.8, 4) is 5.75 Å². The number of benzene rings is 2. The molecule has 0 fully saturated rings. The number of hydrogen-bond acceptors (Lipinski definition) is 4. The lowest BCUT2D eigenvalue weighted by molar-refractivity contribution is 0.0954. The van der Waals surface area contributed by atoms with E-state index in [-0.39, 0.29) is 11.7 Å². The zero-order valence-electron chi connectivity index (χ0n) is 14.3. The van der Waals surface area contributed by atoms with Crippen LogP contribution in [0.2, 0.25) is 0 Å². The minimum absolute atomic E-state index is 0.133. The Kier molecular flexibility index (Phi) is 5.95. The first-order valence-electron chi connectivity index (χ1n) is 8.03. The van der Waals surface area contributed by atoms with Gasteiger partial charge in [-0.25, -0.2) is 5.43 Å². The number of hydrogen-bond donors (Lipinski definition) is 2. The lowest BCUT2D eigenvalue weighted by Gasteiger charge is -2.21. The number of anilines is 1. The molecule has 0 radical (unpaired) electrons. The molecular formula is C19H23N3O2. The molecule has 1 amide bonds. The van der Waals surface area contributed by atoms with Gasteiger partial charge in [-0.3, -0.25) is 4.79 Å². The van der Waals surface area contributed by atoms with Crippen molar-refractivity contribution in [3.05, 3.63) is 59.2 Å². The largest absolute Gasteiger partial charge is 0.507 e. The van der Waals surface area contributed by atoms with E-state index in [1.165, 1.54) is 6.21 Å². The Bertz CT molecular complexity index is 737. The number of amides is 1. The van der Waals surface area contributed by atoms with Crippen LogP contribution in [0.3, 0.4) is 0 Å². The highest BCUT2D eigenvalue weighted by Gasteiger charge is 2.07. The summed E-state index contributed by atoms with van der Waals surface area (Å²) in [5.74, 6) is -0.142. The highest BCUT2D eigenvalue weighted by Crippen LogP contribution is 2.23. The van der Waals surface area contributed by atoms with Crippen molar-refractivity contribution in [2.75, 3.05) is 18.0 Å². The fourth-order valence-corrected chi connectivity index (χ4v) is 2.48. The average molecular weight is 325 g/mol. The van der Waals surface area contributed by atoms with Gasteiger partial charge in [-0.1, -0.05) is 18.2 Å². The van der Waals surface area contributed by atoms with Gasteiger partial charge in [0, 0.05) is 36.0 Å². The van der Waals surface area contributed by atoms with Crippen molar-refractivity contribution >= 4 is 17.8 Å². The minimum atomic E-state index is -0.274. The molecule has 0 bridgehead atoms. The summed E-state index contributed by atoms with van der Waals surface area (Å²) in [6, 6.07) is 12.7. The van der Waals surface area contributed by atoms with Crippen molar-refractivity contribution < 1.29 is 9.90 Å². The van der Waals surface area contributed by atoms with E-state index in [2.05, 4.69) is 29.3 Å². The summed E-state index contributed by atoms with van der Waals surface area (Å²) in [6.07, 6.45) is 1.44. The Balaban J connectivity index is 2.07. The van der Waals surface area contributed by atoms with Gasteiger partial charge in [0.25, 0.3) is 5.91 Å². The molecule has 126 valence electrons. The normalized spacial score (nSPS) is 10.8. The third-order valence-electron chi connectivity index (χ3n) is 3.90. The van der Waals surface area contributed by atoms with Crippen LogP contribution < -0.4 is 10.3 Å². The number of carbonyl (C=O) groups excluding carboxylic acids is 1. The SMILES string of the molecule is CCN(CC)c1ccc(C=NNC(=O)c2ccccc2C)c(O)c1. The minimum Gasteiger partial charge on any atom is -0.507 e. The molecule has 0 atom stereocenters. The maximum absolute atomic E-state index is 12.1. The Hall–Kier alpha value is -2.82. The number of phenolic OH excluding ortho intramolecular Hbond substituents is 1. The number of phenols is 1. The summed E-state index contributed by atoms with van der Waals surface area (Å²) in [7, 11) is 0. The molecule has 0 aliphatic rings. The first-order valence-corrected chi connectivity index (χ1v) is 8.03. The first-order chi connectivity index (χ1) is 11.6. The molecule has 24 heavy (non-hydrogen) atoms. The van der Waals surface area contributed by atoms with Crippen LogP contribution in [0.5, 0.6) is 5.75 Å². The van der Waals surface area contributed by atoms with Gasteiger partial charge >= 0.3 is 0 Å². The van der Waals surface area contributed by atoms with E-state index in [1.807, 2.05) is 31.2 Å². The van der Waals surface area contributed by atoms with Crippen LogP contribution in [0.4, 0.5) is 5.69 Å². The maximum atomic E-state index is 12.1. The summed E-state index contributed by atoms with van der Waals surface area (Å²) in [5.41, 5.74) is 5.46. The van der Waals surface area contributed by atoms with Crippen molar-refractivity contribution in [2.24, 2.45) is 5.10 Å². The lowest BCUT2D eigenvalue weighted by atomic mass is 10.1. The van der Waals surface area contributed by atoms with E-state index >= 15 is 0 Å². The predicted molar refractivity (Wildman–Crippen MR) is 97.9 cm³/mol. The zero-order chi connectivity index (χ0) is 17.5. The molecule has 0 aliphatic carbocycles. The Morgan fingerprint density at radius 2 is 1.92 bits per heavy atom. The number of carbonyl (C=O) groups is 1. The number of aryl methyl sites for hydroxylation is 1. The van der Waals surface area contributed by atoms with Gasteiger partial charge in [0.05, 0.1) is 6.21 Å². The molecule has 2 rings (SSSR count). The molecule has 0 heterocycles. The van der Waals surface area contributed by atoms with Gasteiger partial charge in [-0.2, -0.15) is 5.10 Å². The van der Waals surface area contributed by atoms with Crippen LogP contribution in [0.15, 0.2) is 47.6 Å². The number of nitrogens with zero attached hydrogens (tertiary/aromatic N) is 2. The summed E-state index contributed by atoms with van der Waals surface area (Å²) in [6.45, 7) is 7.75. The second-order valence-corrected chi connectivity index (χ2v) is 5.43. The van der Waals surface area contributed by atoms with Crippen LogP contribution in [0.1, 0.15) is 35.3 Å².